The summed E-state index contributed by atoms with van der Waals surface area (Å²) < 4.78 is 0. The first kappa shape index (κ1) is 39.2. The Morgan fingerprint density at radius 3 is 1.34 bits per heavy atom. The molecule has 0 amide bonds. The maximum Gasteiger partial charge on any atom is 0.0732 e. The van der Waals surface area contributed by atoms with Crippen molar-refractivity contribution in [2.24, 2.45) is 0 Å². The lowest BCUT2D eigenvalue weighted by Gasteiger charge is -2.33. The molecule has 0 heterocycles. The van der Waals surface area contributed by atoms with Crippen molar-refractivity contribution in [1.82, 2.24) is 0 Å². The molecule has 0 bridgehead atoms. The van der Waals surface area contributed by atoms with Gasteiger partial charge in [-0.05, 0) is 142 Å². The normalized spacial score (nSPS) is 16.5. The van der Waals surface area contributed by atoms with Crippen molar-refractivity contribution in [1.29, 1.82) is 0 Å². The maximum absolute atomic E-state index is 2.59. The Morgan fingerprint density at radius 2 is 0.706 bits per heavy atom. The van der Waals surface area contributed by atoms with E-state index in [2.05, 4.69) is 257 Å². The fourth-order valence-corrected chi connectivity index (χ4v) is 13.2. The monoisotopic (exact) mass is 867 g/mol. The van der Waals surface area contributed by atoms with Crippen molar-refractivity contribution in [3.63, 3.8) is 0 Å². The summed E-state index contributed by atoms with van der Waals surface area (Å²) in [6, 6.07) is 85.0. The molecule has 0 radical (unpaired) electrons. The molecule has 4 aliphatic rings. The molecule has 10 aromatic rings. The summed E-state index contributed by atoms with van der Waals surface area (Å²) in [6.07, 6.45) is 0. The third kappa shape index (κ3) is 5.11. The predicted octanol–water partition coefficient (Wildman–Crippen LogP) is 17.4. The highest BCUT2D eigenvalue weighted by Gasteiger charge is 2.54. The van der Waals surface area contributed by atoms with Gasteiger partial charge in [-0.1, -0.05) is 216 Å². The van der Waals surface area contributed by atoms with Gasteiger partial charge in [-0.2, -0.15) is 0 Å². The van der Waals surface area contributed by atoms with Crippen LogP contribution in [0.15, 0.2) is 224 Å². The van der Waals surface area contributed by atoms with Crippen molar-refractivity contribution in [3.05, 3.63) is 269 Å². The second-order valence-corrected chi connectivity index (χ2v) is 20.4. The van der Waals surface area contributed by atoms with Gasteiger partial charge in [0.2, 0.25) is 0 Å². The molecular formula is C67H49N. The fraction of sp³-hybridized carbons (Fsp3) is 0.104. The third-order valence-corrected chi connectivity index (χ3v) is 16.3. The van der Waals surface area contributed by atoms with Crippen LogP contribution in [0.1, 0.15) is 72.2 Å². The lowest BCUT2D eigenvalue weighted by molar-refractivity contribution is 0.660. The predicted molar refractivity (Wildman–Crippen MR) is 283 cm³/mol. The topological polar surface area (TPSA) is 3.24 Å². The molecule has 0 aromatic heterocycles. The van der Waals surface area contributed by atoms with Crippen LogP contribution in [0.4, 0.5) is 17.1 Å². The highest BCUT2D eigenvalue weighted by molar-refractivity contribution is 6.04. The number of benzene rings is 10. The average molecular weight is 868 g/mol. The second kappa shape index (κ2) is 14.0. The van der Waals surface area contributed by atoms with E-state index in [0.29, 0.717) is 0 Å². The summed E-state index contributed by atoms with van der Waals surface area (Å²) in [5, 5.41) is 0. The molecular weight excluding hydrogens is 819 g/mol. The van der Waals surface area contributed by atoms with Crippen molar-refractivity contribution in [2.45, 2.75) is 43.9 Å². The number of nitrogens with zero attached hydrogens (tertiary/aromatic N) is 1. The summed E-state index contributed by atoms with van der Waals surface area (Å²) in [5.74, 6) is 0. The largest absolute Gasteiger partial charge is 0.310 e. The van der Waals surface area contributed by atoms with Gasteiger partial charge in [0.1, 0.15) is 0 Å². The van der Waals surface area contributed by atoms with Crippen LogP contribution in [0, 0.1) is 0 Å². The van der Waals surface area contributed by atoms with Gasteiger partial charge in [0.25, 0.3) is 0 Å². The van der Waals surface area contributed by atoms with Crippen LogP contribution in [0.5, 0.6) is 0 Å². The molecule has 68 heavy (non-hydrogen) atoms. The zero-order valence-corrected chi connectivity index (χ0v) is 38.8. The van der Waals surface area contributed by atoms with E-state index in [1.54, 1.807) is 0 Å². The molecule has 14 rings (SSSR count). The van der Waals surface area contributed by atoms with Gasteiger partial charge >= 0.3 is 0 Å². The number of hydrogen-bond donors (Lipinski definition) is 0. The van der Waals surface area contributed by atoms with E-state index in [1.807, 2.05) is 0 Å². The summed E-state index contributed by atoms with van der Waals surface area (Å²) in [7, 11) is 0. The van der Waals surface area contributed by atoms with Crippen LogP contribution in [0.2, 0.25) is 0 Å². The van der Waals surface area contributed by atoms with Crippen LogP contribution >= 0.6 is 0 Å². The SMILES string of the molecule is CC1(C)c2ccccc2-c2ccc(N(c3ccc4c(c3)C(C)(C)c3ccccc3-4)c3cccc4c3-c3ccccc3C43c4ccccc4-c4cccc(-c5cccc(-c6ccccc6)c5)c43)cc21. The van der Waals surface area contributed by atoms with Gasteiger partial charge < -0.3 is 4.90 Å². The number of anilines is 3. The quantitative estimate of drug-likeness (QED) is 0.167. The van der Waals surface area contributed by atoms with E-state index in [-0.39, 0.29) is 10.8 Å². The second-order valence-electron chi connectivity index (χ2n) is 20.4. The lowest BCUT2D eigenvalue weighted by Crippen LogP contribution is -2.26. The molecule has 1 heteroatoms. The molecule has 0 fully saturated rings. The van der Waals surface area contributed by atoms with Gasteiger partial charge in [0.05, 0.1) is 11.1 Å². The molecule has 1 spiro atoms. The highest BCUT2D eigenvalue weighted by Crippen LogP contribution is 2.66. The van der Waals surface area contributed by atoms with E-state index < -0.39 is 5.41 Å². The molecule has 1 unspecified atom stereocenters. The number of hydrogen-bond acceptors (Lipinski definition) is 1. The minimum absolute atomic E-state index is 0.157. The zero-order chi connectivity index (χ0) is 45.5. The Labute approximate surface area is 399 Å². The Kier molecular flexibility index (Phi) is 8.08. The molecule has 1 nitrogen and oxygen atoms in total. The van der Waals surface area contributed by atoms with Crippen molar-refractivity contribution in [3.8, 4) is 66.8 Å². The van der Waals surface area contributed by atoms with Gasteiger partial charge in [-0.15, -0.1) is 0 Å². The zero-order valence-electron chi connectivity index (χ0n) is 38.8. The van der Waals surface area contributed by atoms with Gasteiger partial charge in [0.15, 0.2) is 0 Å². The van der Waals surface area contributed by atoms with E-state index in [1.165, 1.54) is 117 Å². The van der Waals surface area contributed by atoms with Crippen LogP contribution in [0.3, 0.4) is 0 Å². The molecule has 10 aromatic carbocycles. The first-order valence-electron chi connectivity index (χ1n) is 24.2. The standard InChI is InChI=1S/C67H49N/c1-65(2)55-29-12-8-23-48(55)51-37-35-45(40-60(51)65)68(46-36-38-52-49-24-9-13-30-56(49)66(3,4)61(52)41-46)62-34-18-33-59-63(62)54-26-11-15-32-58(54)67(59)57-31-14-10-25-50(57)53-28-17-27-47(64(53)67)44-22-16-21-43(39-44)42-19-6-5-7-20-42/h5-41H,1-4H3. The lowest BCUT2D eigenvalue weighted by atomic mass is 9.68. The van der Waals surface area contributed by atoms with E-state index in [4.69, 9.17) is 0 Å². The molecule has 0 saturated carbocycles. The molecule has 0 aliphatic heterocycles. The van der Waals surface area contributed by atoms with Gasteiger partial charge in [-0.3, -0.25) is 0 Å². The summed E-state index contributed by atoms with van der Waals surface area (Å²) in [6.45, 7) is 9.57. The first-order valence-corrected chi connectivity index (χ1v) is 24.2. The highest BCUT2D eigenvalue weighted by atomic mass is 15.1. The molecule has 1 atom stereocenters. The first-order chi connectivity index (χ1) is 33.3. The number of rotatable bonds is 5. The average Bonchev–Trinajstić information content (AvgIpc) is 4.02. The molecule has 0 N–H and O–H groups in total. The van der Waals surface area contributed by atoms with Crippen LogP contribution < -0.4 is 4.90 Å². The minimum atomic E-state index is -0.567. The van der Waals surface area contributed by atoms with Gasteiger partial charge in [0, 0.05) is 27.8 Å². The summed E-state index contributed by atoms with van der Waals surface area (Å²) in [4.78, 5) is 2.59. The maximum atomic E-state index is 2.59. The van der Waals surface area contributed by atoms with Crippen molar-refractivity contribution >= 4 is 17.1 Å². The smallest absolute Gasteiger partial charge is 0.0732 e. The van der Waals surface area contributed by atoms with Gasteiger partial charge in [-0.25, -0.2) is 0 Å². The van der Waals surface area contributed by atoms with Crippen molar-refractivity contribution in [2.75, 3.05) is 4.90 Å². The fourth-order valence-electron chi connectivity index (χ4n) is 13.2. The molecule has 4 aliphatic carbocycles. The van der Waals surface area contributed by atoms with Crippen molar-refractivity contribution < 1.29 is 0 Å². The van der Waals surface area contributed by atoms with E-state index in [0.717, 1.165) is 11.4 Å². The summed E-state index contributed by atoms with van der Waals surface area (Å²) >= 11 is 0. The van der Waals surface area contributed by atoms with E-state index >= 15 is 0 Å². The minimum Gasteiger partial charge on any atom is -0.310 e. The molecule has 0 saturated heterocycles. The Hall–Kier alpha value is -8.00. The molecule has 322 valence electrons. The summed E-state index contributed by atoms with van der Waals surface area (Å²) in [5.41, 5.74) is 28.9. The number of fused-ring (bicyclic) bond motifs is 16. The Bertz CT molecular complexity index is 3650. The van der Waals surface area contributed by atoms with E-state index in [9.17, 15) is 0 Å². The van der Waals surface area contributed by atoms with Crippen LogP contribution in [-0.2, 0) is 16.2 Å². The Morgan fingerprint density at radius 1 is 0.279 bits per heavy atom. The Balaban J connectivity index is 1.05. The van der Waals surface area contributed by atoms with Crippen LogP contribution in [0.25, 0.3) is 66.8 Å². The third-order valence-electron chi connectivity index (χ3n) is 16.3. The van der Waals surface area contributed by atoms with Crippen LogP contribution in [-0.4, -0.2) is 0 Å².